The van der Waals surface area contributed by atoms with Crippen LogP contribution in [0.25, 0.3) is 0 Å². The Balaban J connectivity index is 2.00. The first kappa shape index (κ1) is 15.2. The van der Waals surface area contributed by atoms with Gasteiger partial charge in [0.1, 0.15) is 5.75 Å². The second-order valence-corrected chi connectivity index (χ2v) is 4.29. The highest BCUT2D eigenvalue weighted by atomic mass is 16.5. The molecule has 1 aromatic rings. The predicted octanol–water partition coefficient (Wildman–Crippen LogP) is 3.11. The highest BCUT2D eigenvalue weighted by Crippen LogP contribution is 2.11. The van der Waals surface area contributed by atoms with Gasteiger partial charge in [-0.2, -0.15) is 0 Å². The largest absolute Gasteiger partial charge is 0.466 e. The van der Waals surface area contributed by atoms with Gasteiger partial charge in [-0.15, -0.1) is 0 Å². The monoisotopic (exact) mass is 264 g/mol. The molecule has 19 heavy (non-hydrogen) atoms. The van der Waals surface area contributed by atoms with Crippen molar-refractivity contribution in [1.82, 2.24) is 0 Å². The SMILES string of the molecule is CC(=O)OCCCCCCC(=O)Oc1ccccc1. The van der Waals surface area contributed by atoms with Gasteiger partial charge >= 0.3 is 11.9 Å². The Labute approximate surface area is 113 Å². The number of para-hydroxylation sites is 1. The highest BCUT2D eigenvalue weighted by Gasteiger charge is 2.04. The van der Waals surface area contributed by atoms with Crippen molar-refractivity contribution in [3.05, 3.63) is 30.3 Å². The van der Waals surface area contributed by atoms with Gasteiger partial charge < -0.3 is 9.47 Å². The van der Waals surface area contributed by atoms with Gasteiger partial charge in [-0.25, -0.2) is 0 Å². The number of hydrogen-bond donors (Lipinski definition) is 0. The van der Waals surface area contributed by atoms with Crippen LogP contribution < -0.4 is 4.74 Å². The third-order valence-corrected chi connectivity index (χ3v) is 2.56. The summed E-state index contributed by atoms with van der Waals surface area (Å²) in [6, 6.07) is 9.06. The average Bonchev–Trinajstić information content (AvgIpc) is 2.38. The fourth-order valence-electron chi connectivity index (χ4n) is 1.61. The van der Waals surface area contributed by atoms with Crippen molar-refractivity contribution in [2.75, 3.05) is 6.61 Å². The maximum atomic E-state index is 11.5. The van der Waals surface area contributed by atoms with E-state index in [1.165, 1.54) is 6.92 Å². The van der Waals surface area contributed by atoms with Gasteiger partial charge in [-0.1, -0.05) is 31.0 Å². The zero-order valence-corrected chi connectivity index (χ0v) is 11.3. The lowest BCUT2D eigenvalue weighted by molar-refractivity contribution is -0.141. The molecule has 0 bridgehead atoms. The summed E-state index contributed by atoms with van der Waals surface area (Å²) in [4.78, 5) is 22.0. The smallest absolute Gasteiger partial charge is 0.311 e. The highest BCUT2D eigenvalue weighted by molar-refractivity contribution is 5.72. The van der Waals surface area contributed by atoms with E-state index < -0.39 is 0 Å². The maximum absolute atomic E-state index is 11.5. The Morgan fingerprint density at radius 1 is 1.00 bits per heavy atom. The number of unbranched alkanes of at least 4 members (excludes halogenated alkanes) is 3. The number of ether oxygens (including phenoxy) is 2. The van der Waals surface area contributed by atoms with Crippen LogP contribution in [0.2, 0.25) is 0 Å². The van der Waals surface area contributed by atoms with Crippen molar-refractivity contribution in [2.24, 2.45) is 0 Å². The van der Waals surface area contributed by atoms with Crippen molar-refractivity contribution >= 4 is 11.9 Å². The molecule has 1 aromatic carbocycles. The molecule has 0 atom stereocenters. The van der Waals surface area contributed by atoms with Crippen molar-refractivity contribution in [3.63, 3.8) is 0 Å². The molecule has 0 aromatic heterocycles. The molecule has 0 N–H and O–H groups in total. The third-order valence-electron chi connectivity index (χ3n) is 2.56. The minimum Gasteiger partial charge on any atom is -0.466 e. The van der Waals surface area contributed by atoms with E-state index in [-0.39, 0.29) is 11.9 Å². The van der Waals surface area contributed by atoms with Gasteiger partial charge in [-0.3, -0.25) is 9.59 Å². The van der Waals surface area contributed by atoms with E-state index >= 15 is 0 Å². The summed E-state index contributed by atoms with van der Waals surface area (Å²) < 4.78 is 9.98. The number of esters is 2. The summed E-state index contributed by atoms with van der Waals surface area (Å²) in [6.07, 6.45) is 3.94. The van der Waals surface area contributed by atoms with E-state index in [1.807, 2.05) is 18.2 Å². The molecule has 0 amide bonds. The second kappa shape index (κ2) is 9.14. The molecular weight excluding hydrogens is 244 g/mol. The second-order valence-electron chi connectivity index (χ2n) is 4.29. The van der Waals surface area contributed by atoms with Crippen molar-refractivity contribution in [1.29, 1.82) is 0 Å². The Bertz CT molecular complexity index is 386. The zero-order valence-electron chi connectivity index (χ0n) is 11.3. The molecule has 0 heterocycles. The minimum atomic E-state index is -0.244. The predicted molar refractivity (Wildman–Crippen MR) is 71.8 cm³/mol. The number of benzene rings is 1. The summed E-state index contributed by atoms with van der Waals surface area (Å²) in [5.74, 6) is 0.139. The van der Waals surface area contributed by atoms with Crippen LogP contribution in [0.1, 0.15) is 39.0 Å². The van der Waals surface area contributed by atoms with E-state index in [2.05, 4.69) is 0 Å². The Morgan fingerprint density at radius 3 is 2.37 bits per heavy atom. The molecule has 0 aliphatic carbocycles. The van der Waals surface area contributed by atoms with E-state index in [9.17, 15) is 9.59 Å². The van der Waals surface area contributed by atoms with Crippen molar-refractivity contribution in [2.45, 2.75) is 39.0 Å². The number of carbonyl (C=O) groups excluding carboxylic acids is 2. The van der Waals surface area contributed by atoms with Crippen LogP contribution in [0, 0.1) is 0 Å². The molecular formula is C15H20O4. The van der Waals surface area contributed by atoms with Gasteiger partial charge in [0, 0.05) is 13.3 Å². The average molecular weight is 264 g/mol. The number of carbonyl (C=O) groups is 2. The third kappa shape index (κ3) is 7.97. The van der Waals surface area contributed by atoms with Crippen molar-refractivity contribution < 1.29 is 19.1 Å². The standard InChI is InChI=1S/C15H20O4/c1-13(16)18-12-8-3-2-7-11-15(17)19-14-9-5-4-6-10-14/h4-6,9-10H,2-3,7-8,11-12H2,1H3. The molecule has 0 saturated heterocycles. The van der Waals surface area contributed by atoms with Crippen LogP contribution in [0.5, 0.6) is 5.75 Å². The van der Waals surface area contributed by atoms with Crippen LogP contribution in [0.15, 0.2) is 30.3 Å². The quantitative estimate of drug-likeness (QED) is 0.411. The van der Waals surface area contributed by atoms with Crippen LogP contribution in [0.3, 0.4) is 0 Å². The van der Waals surface area contributed by atoms with Crippen LogP contribution in [0.4, 0.5) is 0 Å². The molecule has 0 aliphatic rings. The number of rotatable bonds is 8. The summed E-state index contributed by atoms with van der Waals surface area (Å²) in [6.45, 7) is 1.86. The molecule has 4 nitrogen and oxygen atoms in total. The summed E-state index contributed by atoms with van der Waals surface area (Å²) >= 11 is 0. The first-order chi connectivity index (χ1) is 9.18. The lowest BCUT2D eigenvalue weighted by Crippen LogP contribution is -2.07. The van der Waals surface area contributed by atoms with Crippen LogP contribution in [-0.4, -0.2) is 18.5 Å². The van der Waals surface area contributed by atoms with E-state index in [1.54, 1.807) is 12.1 Å². The Hall–Kier alpha value is -1.84. The molecule has 0 radical (unpaired) electrons. The molecule has 0 spiro atoms. The molecule has 4 heteroatoms. The topological polar surface area (TPSA) is 52.6 Å². The summed E-state index contributed by atoms with van der Waals surface area (Å²) in [7, 11) is 0. The van der Waals surface area contributed by atoms with Gasteiger partial charge in [-0.05, 0) is 25.0 Å². The molecule has 0 aliphatic heterocycles. The minimum absolute atomic E-state index is 0.203. The van der Waals surface area contributed by atoms with E-state index in [0.29, 0.717) is 18.8 Å². The summed E-state index contributed by atoms with van der Waals surface area (Å²) in [5, 5.41) is 0. The molecule has 0 saturated carbocycles. The molecule has 0 fully saturated rings. The van der Waals surface area contributed by atoms with Gasteiger partial charge in [0.2, 0.25) is 0 Å². The maximum Gasteiger partial charge on any atom is 0.311 e. The normalized spacial score (nSPS) is 9.95. The lowest BCUT2D eigenvalue weighted by Gasteiger charge is -2.04. The molecule has 104 valence electrons. The van der Waals surface area contributed by atoms with Gasteiger partial charge in [0.25, 0.3) is 0 Å². The lowest BCUT2D eigenvalue weighted by atomic mass is 10.1. The number of hydrogen-bond acceptors (Lipinski definition) is 4. The van der Waals surface area contributed by atoms with Gasteiger partial charge in [0.15, 0.2) is 0 Å². The van der Waals surface area contributed by atoms with Crippen molar-refractivity contribution in [3.8, 4) is 5.75 Å². The first-order valence-corrected chi connectivity index (χ1v) is 6.57. The fraction of sp³-hybridized carbons (Fsp3) is 0.467. The zero-order chi connectivity index (χ0) is 13.9. The Morgan fingerprint density at radius 2 is 1.68 bits per heavy atom. The van der Waals surface area contributed by atoms with Gasteiger partial charge in [0.05, 0.1) is 6.61 Å². The fourth-order valence-corrected chi connectivity index (χ4v) is 1.61. The first-order valence-electron chi connectivity index (χ1n) is 6.57. The van der Waals surface area contributed by atoms with E-state index in [0.717, 1.165) is 25.7 Å². The summed E-state index contributed by atoms with van der Waals surface area (Å²) in [5.41, 5.74) is 0. The Kier molecular flexibility index (Phi) is 7.32. The van der Waals surface area contributed by atoms with E-state index in [4.69, 9.17) is 9.47 Å². The molecule has 0 unspecified atom stereocenters. The van der Waals surface area contributed by atoms with Crippen LogP contribution >= 0.6 is 0 Å². The molecule has 1 rings (SSSR count). The van der Waals surface area contributed by atoms with Crippen LogP contribution in [-0.2, 0) is 14.3 Å².